The van der Waals surface area contributed by atoms with Gasteiger partial charge in [0.05, 0.1) is 24.1 Å². The zero-order valence-corrected chi connectivity index (χ0v) is 13.2. The van der Waals surface area contributed by atoms with Crippen molar-refractivity contribution in [2.45, 2.75) is 19.8 Å². The largest absolute Gasteiger partial charge is 0.505 e. The van der Waals surface area contributed by atoms with Crippen LogP contribution in [0.25, 0.3) is 0 Å². The lowest BCUT2D eigenvalue weighted by Crippen LogP contribution is -2.34. The Balaban J connectivity index is 2.72. The number of hydrogen-bond acceptors (Lipinski definition) is 7. The number of nitrogens with one attached hydrogen (secondary N) is 2. The molecule has 0 unspecified atom stereocenters. The first kappa shape index (κ1) is 18.3. The fraction of sp³-hybridized carbons (Fsp3) is 0.308. The number of rotatable bonds is 5. The number of aromatic hydroxyl groups is 1. The number of nitro groups is 1. The molecule has 0 radical (unpaired) electrons. The molecular weight excluding hydrogens is 326 g/mol. The van der Waals surface area contributed by atoms with Crippen molar-refractivity contribution >= 4 is 40.6 Å². The molecule has 3 N–H and O–H groups in total. The first-order valence-electron chi connectivity index (χ1n) is 6.40. The van der Waals surface area contributed by atoms with E-state index < -0.39 is 16.8 Å². The van der Waals surface area contributed by atoms with Crippen LogP contribution in [0.2, 0.25) is 0 Å². The molecule has 1 aromatic carbocycles. The molecule has 9 nitrogen and oxygen atoms in total. The van der Waals surface area contributed by atoms with Crippen molar-refractivity contribution in [3.05, 3.63) is 27.8 Å². The number of carbonyl (C=O) groups excluding carboxylic acids is 2. The van der Waals surface area contributed by atoms with E-state index in [0.29, 0.717) is 0 Å². The van der Waals surface area contributed by atoms with Gasteiger partial charge >= 0.3 is 5.97 Å². The minimum Gasteiger partial charge on any atom is -0.505 e. The predicted octanol–water partition coefficient (Wildman–Crippen LogP) is 1.38. The monoisotopic (exact) mass is 341 g/mol. The third kappa shape index (κ3) is 5.51. The number of thiocarbonyl (C=S) groups is 1. The summed E-state index contributed by atoms with van der Waals surface area (Å²) in [6, 6.07) is 2.30. The van der Waals surface area contributed by atoms with Crippen molar-refractivity contribution in [2.24, 2.45) is 0 Å². The summed E-state index contributed by atoms with van der Waals surface area (Å²) in [7, 11) is 1.21. The highest BCUT2D eigenvalue weighted by Gasteiger charge is 2.15. The Bertz CT molecular complexity index is 661. The van der Waals surface area contributed by atoms with Crippen LogP contribution in [0.15, 0.2) is 12.1 Å². The number of ether oxygens (including phenoxy) is 1. The smallest absolute Gasteiger partial charge is 0.306 e. The maximum Gasteiger partial charge on any atom is 0.306 e. The molecule has 1 aromatic rings. The molecule has 23 heavy (non-hydrogen) atoms. The Morgan fingerprint density at radius 2 is 2.04 bits per heavy atom. The Hall–Kier alpha value is -2.75. The lowest BCUT2D eigenvalue weighted by Gasteiger charge is -2.12. The van der Waals surface area contributed by atoms with Gasteiger partial charge in [-0.25, -0.2) is 0 Å². The summed E-state index contributed by atoms with van der Waals surface area (Å²) in [5.41, 5.74) is 0.0408. The van der Waals surface area contributed by atoms with Gasteiger partial charge in [0.1, 0.15) is 5.75 Å². The van der Waals surface area contributed by atoms with E-state index in [2.05, 4.69) is 15.4 Å². The molecule has 1 amide bonds. The van der Waals surface area contributed by atoms with Crippen LogP contribution in [0, 0.1) is 17.0 Å². The van der Waals surface area contributed by atoms with Crippen LogP contribution >= 0.6 is 12.2 Å². The molecule has 0 bridgehead atoms. The maximum absolute atomic E-state index is 11.6. The number of hydrogen-bond donors (Lipinski definition) is 3. The number of nitro benzene ring substituents is 1. The second kappa shape index (κ2) is 8.03. The van der Waals surface area contributed by atoms with Gasteiger partial charge in [0.2, 0.25) is 5.91 Å². The van der Waals surface area contributed by atoms with Crippen LogP contribution in [-0.2, 0) is 14.3 Å². The average Bonchev–Trinajstić information content (AvgIpc) is 2.48. The molecule has 0 saturated carbocycles. The molecule has 0 aliphatic rings. The normalized spacial score (nSPS) is 9.83. The van der Waals surface area contributed by atoms with E-state index in [1.54, 1.807) is 0 Å². The number of benzene rings is 1. The Morgan fingerprint density at radius 3 is 2.61 bits per heavy atom. The summed E-state index contributed by atoms with van der Waals surface area (Å²) in [4.78, 5) is 32.7. The van der Waals surface area contributed by atoms with Gasteiger partial charge in [0.25, 0.3) is 5.69 Å². The van der Waals surface area contributed by atoms with Crippen molar-refractivity contribution in [3.8, 4) is 5.75 Å². The summed E-state index contributed by atoms with van der Waals surface area (Å²) in [6.45, 7) is 1.49. The highest BCUT2D eigenvalue weighted by atomic mass is 32.1. The van der Waals surface area contributed by atoms with E-state index in [1.807, 2.05) is 0 Å². The fourth-order valence-corrected chi connectivity index (χ4v) is 1.85. The zero-order valence-electron chi connectivity index (χ0n) is 12.4. The molecule has 0 aliphatic carbocycles. The first-order chi connectivity index (χ1) is 10.7. The number of non-ortho nitro benzene ring substituents is 1. The van der Waals surface area contributed by atoms with Crippen LogP contribution in [0.3, 0.4) is 0 Å². The van der Waals surface area contributed by atoms with Gasteiger partial charge in [-0.3, -0.25) is 19.7 Å². The number of esters is 1. The molecule has 1 rings (SSSR count). The van der Waals surface area contributed by atoms with E-state index in [4.69, 9.17) is 12.2 Å². The second-order valence-corrected chi connectivity index (χ2v) is 4.90. The fourth-order valence-electron chi connectivity index (χ4n) is 1.62. The molecule has 0 aliphatic heterocycles. The highest BCUT2D eigenvalue weighted by Crippen LogP contribution is 2.31. The molecule has 0 spiro atoms. The topological polar surface area (TPSA) is 131 Å². The summed E-state index contributed by atoms with van der Waals surface area (Å²) >= 11 is 4.89. The predicted molar refractivity (Wildman–Crippen MR) is 85.1 cm³/mol. The average molecular weight is 341 g/mol. The number of nitrogens with zero attached hydrogens (tertiary/aromatic N) is 1. The van der Waals surface area contributed by atoms with Gasteiger partial charge in [-0.2, -0.15) is 0 Å². The third-order valence-electron chi connectivity index (χ3n) is 2.78. The van der Waals surface area contributed by atoms with Crippen LogP contribution in [0.4, 0.5) is 11.4 Å². The highest BCUT2D eigenvalue weighted by molar-refractivity contribution is 7.80. The lowest BCUT2D eigenvalue weighted by atomic mass is 10.1. The van der Waals surface area contributed by atoms with Gasteiger partial charge in [-0.05, 0) is 24.7 Å². The van der Waals surface area contributed by atoms with E-state index >= 15 is 0 Å². The summed E-state index contributed by atoms with van der Waals surface area (Å²) in [5, 5.41) is 25.3. The Labute approximate surface area is 136 Å². The summed E-state index contributed by atoms with van der Waals surface area (Å²) in [6.07, 6.45) is -0.236. The van der Waals surface area contributed by atoms with Gasteiger partial charge in [0, 0.05) is 18.6 Å². The number of aryl methyl sites for hydroxylation is 1. The van der Waals surface area contributed by atoms with E-state index in [9.17, 15) is 24.8 Å². The number of amides is 1. The van der Waals surface area contributed by atoms with Crippen molar-refractivity contribution in [1.29, 1.82) is 0 Å². The number of phenolic OH excluding ortho intramolecular Hbond substituents is 1. The molecule has 0 atom stereocenters. The number of methoxy groups -OCH3 is 1. The zero-order chi connectivity index (χ0) is 17.6. The molecule has 0 aromatic heterocycles. The van der Waals surface area contributed by atoms with Crippen molar-refractivity contribution in [2.75, 3.05) is 12.4 Å². The van der Waals surface area contributed by atoms with Gasteiger partial charge in [-0.1, -0.05) is 0 Å². The summed E-state index contributed by atoms with van der Waals surface area (Å²) < 4.78 is 4.40. The second-order valence-electron chi connectivity index (χ2n) is 4.49. The minimum absolute atomic E-state index is 0.00466. The van der Waals surface area contributed by atoms with Gasteiger partial charge in [0.15, 0.2) is 5.11 Å². The Kier molecular flexibility index (Phi) is 6.39. The third-order valence-corrected chi connectivity index (χ3v) is 2.99. The van der Waals surface area contributed by atoms with Gasteiger partial charge < -0.3 is 20.5 Å². The van der Waals surface area contributed by atoms with E-state index in [0.717, 1.165) is 6.07 Å². The number of phenols is 1. The molecule has 0 fully saturated rings. The van der Waals surface area contributed by atoms with Crippen LogP contribution < -0.4 is 10.6 Å². The molecule has 124 valence electrons. The van der Waals surface area contributed by atoms with Crippen molar-refractivity contribution in [1.82, 2.24) is 5.32 Å². The Morgan fingerprint density at radius 1 is 1.39 bits per heavy atom. The van der Waals surface area contributed by atoms with Crippen LogP contribution in [-0.4, -0.2) is 34.1 Å². The summed E-state index contributed by atoms with van der Waals surface area (Å²) in [5.74, 6) is -1.29. The van der Waals surface area contributed by atoms with Crippen molar-refractivity contribution < 1.29 is 24.4 Å². The van der Waals surface area contributed by atoms with E-state index in [1.165, 1.54) is 20.1 Å². The SMILES string of the molecule is COC(=O)CCC(=O)NC(=S)Nc1cc([N+](=O)[O-])cc(C)c1O. The maximum atomic E-state index is 11.6. The molecular formula is C13H15N3O6S. The van der Waals surface area contributed by atoms with Crippen LogP contribution in [0.1, 0.15) is 18.4 Å². The quantitative estimate of drug-likeness (QED) is 0.241. The molecule has 0 saturated heterocycles. The van der Waals surface area contributed by atoms with Crippen molar-refractivity contribution in [3.63, 3.8) is 0 Å². The van der Waals surface area contributed by atoms with Crippen LogP contribution in [0.5, 0.6) is 5.75 Å². The van der Waals surface area contributed by atoms with E-state index in [-0.39, 0.29) is 40.6 Å². The standard InChI is InChI=1S/C13H15N3O6S/c1-7-5-8(16(20)21)6-9(12(7)19)14-13(23)15-10(17)3-4-11(18)22-2/h5-6,19H,3-4H2,1-2H3,(H2,14,15,17,23). The molecule has 10 heteroatoms. The lowest BCUT2D eigenvalue weighted by molar-refractivity contribution is -0.384. The number of anilines is 1. The molecule has 0 heterocycles. The number of carbonyl (C=O) groups is 2. The first-order valence-corrected chi connectivity index (χ1v) is 6.81. The van der Waals surface area contributed by atoms with Gasteiger partial charge in [-0.15, -0.1) is 0 Å². The minimum atomic E-state index is -0.615.